The molecule has 0 atom stereocenters. The first kappa shape index (κ1) is 17.5. The van der Waals surface area contributed by atoms with Crippen LogP contribution in [0, 0.1) is 6.92 Å². The summed E-state index contributed by atoms with van der Waals surface area (Å²) < 4.78 is 15.6. The number of aromatic amines is 1. The van der Waals surface area contributed by atoms with Crippen LogP contribution in [0.2, 0.25) is 0 Å². The van der Waals surface area contributed by atoms with Crippen molar-refractivity contribution in [1.82, 2.24) is 4.98 Å². The zero-order valence-corrected chi connectivity index (χ0v) is 14.8. The molecule has 0 aliphatic carbocycles. The van der Waals surface area contributed by atoms with Gasteiger partial charge in [-0.25, -0.2) is 4.79 Å². The molecule has 2 aromatic carbocycles. The number of carbonyl (C=O) groups is 1. The first-order chi connectivity index (χ1) is 12.5. The monoisotopic (exact) mass is 353 g/mol. The van der Waals surface area contributed by atoms with E-state index in [9.17, 15) is 9.59 Å². The number of esters is 1. The first-order valence-corrected chi connectivity index (χ1v) is 8.03. The average molecular weight is 353 g/mol. The Balaban J connectivity index is 1.80. The predicted molar refractivity (Wildman–Crippen MR) is 98.0 cm³/mol. The van der Waals surface area contributed by atoms with Crippen molar-refractivity contribution in [2.45, 2.75) is 13.5 Å². The number of carbonyl (C=O) groups excluding carboxylic acids is 1. The van der Waals surface area contributed by atoms with E-state index in [1.165, 1.54) is 20.3 Å². The average Bonchev–Trinajstić information content (AvgIpc) is 2.65. The minimum absolute atomic E-state index is 0.119. The van der Waals surface area contributed by atoms with E-state index in [1.807, 2.05) is 25.1 Å². The van der Waals surface area contributed by atoms with Gasteiger partial charge in [-0.15, -0.1) is 0 Å². The van der Waals surface area contributed by atoms with E-state index in [1.54, 1.807) is 18.2 Å². The van der Waals surface area contributed by atoms with E-state index in [-0.39, 0.29) is 12.2 Å². The Bertz CT molecular complexity index is 1020. The fourth-order valence-corrected chi connectivity index (χ4v) is 2.67. The van der Waals surface area contributed by atoms with Gasteiger partial charge in [0.05, 0.1) is 25.3 Å². The third-order valence-corrected chi connectivity index (χ3v) is 4.05. The van der Waals surface area contributed by atoms with Crippen molar-refractivity contribution in [2.75, 3.05) is 14.2 Å². The van der Waals surface area contributed by atoms with Gasteiger partial charge in [-0.05, 0) is 48.7 Å². The van der Waals surface area contributed by atoms with Crippen molar-refractivity contribution in [2.24, 2.45) is 0 Å². The fraction of sp³-hybridized carbons (Fsp3) is 0.200. The number of rotatable bonds is 5. The van der Waals surface area contributed by atoms with Crippen LogP contribution in [0.5, 0.6) is 11.5 Å². The van der Waals surface area contributed by atoms with Crippen LogP contribution < -0.4 is 15.0 Å². The van der Waals surface area contributed by atoms with Crippen LogP contribution in [0.3, 0.4) is 0 Å². The largest absolute Gasteiger partial charge is 0.493 e. The van der Waals surface area contributed by atoms with Gasteiger partial charge < -0.3 is 19.2 Å². The Labute approximate surface area is 150 Å². The smallest absolute Gasteiger partial charge is 0.338 e. The number of hydrogen-bond donors (Lipinski definition) is 1. The van der Waals surface area contributed by atoms with Crippen LogP contribution in [-0.4, -0.2) is 25.2 Å². The summed E-state index contributed by atoms with van der Waals surface area (Å²) in [5, 5.41) is 0.891. The number of hydrogen-bond acceptors (Lipinski definition) is 5. The molecule has 0 bridgehead atoms. The van der Waals surface area contributed by atoms with Crippen molar-refractivity contribution in [3.63, 3.8) is 0 Å². The molecular formula is C20H19NO5. The Morgan fingerprint density at radius 1 is 1.00 bits per heavy atom. The number of H-pyrrole nitrogens is 1. The van der Waals surface area contributed by atoms with Crippen molar-refractivity contribution in [1.29, 1.82) is 0 Å². The van der Waals surface area contributed by atoms with Crippen LogP contribution in [0.4, 0.5) is 0 Å². The van der Waals surface area contributed by atoms with Crippen molar-refractivity contribution in [3.8, 4) is 11.5 Å². The molecule has 0 spiro atoms. The molecule has 3 aromatic rings. The highest BCUT2D eigenvalue weighted by Gasteiger charge is 2.13. The molecule has 26 heavy (non-hydrogen) atoms. The highest BCUT2D eigenvalue weighted by Crippen LogP contribution is 2.27. The second-order valence-electron chi connectivity index (χ2n) is 5.86. The Hall–Kier alpha value is -3.28. The van der Waals surface area contributed by atoms with Crippen molar-refractivity contribution in [3.05, 3.63) is 69.5 Å². The number of pyridine rings is 1. The number of ether oxygens (including phenoxy) is 3. The van der Waals surface area contributed by atoms with Gasteiger partial charge in [0, 0.05) is 5.52 Å². The lowest BCUT2D eigenvalue weighted by molar-refractivity contribution is 0.0471. The van der Waals surface area contributed by atoms with Gasteiger partial charge in [-0.1, -0.05) is 11.6 Å². The highest BCUT2D eigenvalue weighted by molar-refractivity contribution is 5.90. The summed E-state index contributed by atoms with van der Waals surface area (Å²) in [5.41, 5.74) is 2.25. The van der Waals surface area contributed by atoms with Crippen LogP contribution in [0.1, 0.15) is 21.5 Å². The molecule has 6 heteroatoms. The van der Waals surface area contributed by atoms with E-state index < -0.39 is 5.97 Å². The minimum atomic E-state index is -0.547. The Morgan fingerprint density at radius 2 is 1.77 bits per heavy atom. The summed E-state index contributed by atoms with van der Waals surface area (Å²) >= 11 is 0. The van der Waals surface area contributed by atoms with E-state index in [4.69, 9.17) is 14.2 Å². The maximum atomic E-state index is 12.3. The standard InChI is InChI=1S/C20H19NO5/c1-12-4-6-16-14(8-12)9-15(19(22)21-16)11-26-20(23)13-5-7-17(24-2)18(10-13)25-3/h4-10H,11H2,1-3H3,(H,21,22). The Morgan fingerprint density at radius 3 is 2.50 bits per heavy atom. The molecule has 1 aromatic heterocycles. The summed E-state index contributed by atoms with van der Waals surface area (Å²) in [6.45, 7) is 1.85. The van der Waals surface area contributed by atoms with Gasteiger partial charge in [0.15, 0.2) is 11.5 Å². The molecule has 0 saturated carbocycles. The number of benzene rings is 2. The van der Waals surface area contributed by atoms with E-state index >= 15 is 0 Å². The van der Waals surface area contributed by atoms with Gasteiger partial charge in [0.25, 0.3) is 5.56 Å². The molecule has 6 nitrogen and oxygen atoms in total. The molecule has 0 radical (unpaired) electrons. The summed E-state index contributed by atoms with van der Waals surface area (Å²) in [7, 11) is 3.01. The Kier molecular flexibility index (Phi) is 4.93. The second kappa shape index (κ2) is 7.31. The highest BCUT2D eigenvalue weighted by atomic mass is 16.5. The SMILES string of the molecule is COc1ccc(C(=O)OCc2cc3cc(C)ccc3[nH]c2=O)cc1OC. The van der Waals surface area contributed by atoms with Crippen molar-refractivity contribution >= 4 is 16.9 Å². The molecule has 1 N–H and O–H groups in total. The minimum Gasteiger partial charge on any atom is -0.493 e. The summed E-state index contributed by atoms with van der Waals surface area (Å²) in [4.78, 5) is 27.3. The number of aromatic nitrogens is 1. The molecule has 3 rings (SSSR count). The third kappa shape index (κ3) is 3.54. The van der Waals surface area contributed by atoms with Crippen LogP contribution in [-0.2, 0) is 11.3 Å². The molecule has 1 heterocycles. The van der Waals surface area contributed by atoms with Gasteiger partial charge in [0.1, 0.15) is 6.61 Å². The topological polar surface area (TPSA) is 77.6 Å². The molecule has 0 amide bonds. The fourth-order valence-electron chi connectivity index (χ4n) is 2.67. The van der Waals surface area contributed by atoms with Gasteiger partial charge in [-0.3, -0.25) is 4.79 Å². The first-order valence-electron chi connectivity index (χ1n) is 8.03. The number of methoxy groups -OCH3 is 2. The molecule has 0 aliphatic rings. The molecule has 0 fully saturated rings. The quantitative estimate of drug-likeness (QED) is 0.713. The zero-order chi connectivity index (χ0) is 18.7. The lowest BCUT2D eigenvalue weighted by Crippen LogP contribution is -2.15. The van der Waals surface area contributed by atoms with Crippen LogP contribution in [0.25, 0.3) is 10.9 Å². The number of aryl methyl sites for hydroxylation is 1. The molecular weight excluding hydrogens is 334 g/mol. The van der Waals surface area contributed by atoms with Gasteiger partial charge >= 0.3 is 5.97 Å². The maximum Gasteiger partial charge on any atom is 0.338 e. The summed E-state index contributed by atoms with van der Waals surface area (Å²) in [6.07, 6.45) is 0. The molecule has 0 aliphatic heterocycles. The third-order valence-electron chi connectivity index (χ3n) is 4.05. The van der Waals surface area contributed by atoms with Gasteiger partial charge in [0.2, 0.25) is 0 Å². The maximum absolute atomic E-state index is 12.3. The van der Waals surface area contributed by atoms with Gasteiger partial charge in [-0.2, -0.15) is 0 Å². The lowest BCUT2D eigenvalue weighted by atomic mass is 10.1. The molecule has 134 valence electrons. The zero-order valence-electron chi connectivity index (χ0n) is 14.8. The van der Waals surface area contributed by atoms with Crippen LogP contribution >= 0.6 is 0 Å². The van der Waals surface area contributed by atoms with Crippen LogP contribution in [0.15, 0.2) is 47.3 Å². The summed E-state index contributed by atoms with van der Waals surface area (Å²) in [6, 6.07) is 12.2. The van der Waals surface area contributed by atoms with Crippen molar-refractivity contribution < 1.29 is 19.0 Å². The normalized spacial score (nSPS) is 10.6. The number of fused-ring (bicyclic) bond motifs is 1. The van der Waals surface area contributed by atoms with E-state index in [2.05, 4.69) is 4.98 Å². The summed E-state index contributed by atoms with van der Waals surface area (Å²) in [5.74, 6) is 0.404. The molecule has 0 unspecified atom stereocenters. The lowest BCUT2D eigenvalue weighted by Gasteiger charge is -2.10. The van der Waals surface area contributed by atoms with E-state index in [0.717, 1.165) is 16.5 Å². The molecule has 0 saturated heterocycles. The second-order valence-corrected chi connectivity index (χ2v) is 5.86. The van der Waals surface area contributed by atoms with E-state index in [0.29, 0.717) is 22.6 Å². The number of nitrogens with one attached hydrogen (secondary N) is 1. The predicted octanol–water partition coefficient (Wildman–Crippen LogP) is 3.21.